The molecule has 0 unspecified atom stereocenters. The van der Waals surface area contributed by atoms with Gasteiger partial charge in [0, 0.05) is 5.41 Å². The van der Waals surface area contributed by atoms with Crippen molar-refractivity contribution in [2.75, 3.05) is 20.2 Å². The molecule has 92 valence electrons. The van der Waals surface area contributed by atoms with Crippen LogP contribution in [0.2, 0.25) is 0 Å². The van der Waals surface area contributed by atoms with E-state index in [-0.39, 0.29) is 19.0 Å². The lowest BCUT2D eigenvalue weighted by Crippen LogP contribution is -2.42. The summed E-state index contributed by atoms with van der Waals surface area (Å²) in [6, 6.07) is 0. The lowest BCUT2D eigenvalue weighted by atomic mass is 9.96. The van der Waals surface area contributed by atoms with Gasteiger partial charge >= 0.3 is 5.97 Å². The number of esters is 1. The van der Waals surface area contributed by atoms with E-state index in [9.17, 15) is 14.4 Å². The van der Waals surface area contributed by atoms with Gasteiger partial charge < -0.3 is 15.4 Å². The van der Waals surface area contributed by atoms with Gasteiger partial charge in [-0.2, -0.15) is 0 Å². The molecule has 0 aliphatic heterocycles. The fourth-order valence-electron chi connectivity index (χ4n) is 0.731. The molecule has 0 bridgehead atoms. The molecule has 0 heterocycles. The van der Waals surface area contributed by atoms with Gasteiger partial charge in [-0.05, 0) is 0 Å². The van der Waals surface area contributed by atoms with E-state index < -0.39 is 17.3 Å². The van der Waals surface area contributed by atoms with E-state index >= 15 is 0 Å². The topological polar surface area (TPSA) is 84.5 Å². The summed E-state index contributed by atoms with van der Waals surface area (Å²) in [5.74, 6) is -1.18. The molecule has 0 aromatic carbocycles. The maximum Gasteiger partial charge on any atom is 0.325 e. The molecule has 0 aliphatic carbocycles. The molecule has 0 atom stereocenters. The van der Waals surface area contributed by atoms with Gasteiger partial charge in [0.2, 0.25) is 11.8 Å². The van der Waals surface area contributed by atoms with Crippen LogP contribution in [0.4, 0.5) is 0 Å². The minimum absolute atomic E-state index is 0.146. The molecule has 0 aromatic rings. The van der Waals surface area contributed by atoms with E-state index in [0.29, 0.717) is 0 Å². The normalized spacial score (nSPS) is 10.5. The maximum atomic E-state index is 11.4. The van der Waals surface area contributed by atoms with E-state index in [1.165, 1.54) is 7.11 Å². The molecular weight excluding hydrogens is 212 g/mol. The van der Waals surface area contributed by atoms with Gasteiger partial charge in [0.15, 0.2) is 0 Å². The number of hydrogen-bond donors (Lipinski definition) is 2. The van der Waals surface area contributed by atoms with Crippen LogP contribution in [0.25, 0.3) is 0 Å². The summed E-state index contributed by atoms with van der Waals surface area (Å²) >= 11 is 0. The zero-order valence-corrected chi connectivity index (χ0v) is 10.0. The number of hydrogen-bond acceptors (Lipinski definition) is 4. The van der Waals surface area contributed by atoms with Gasteiger partial charge in [-0.3, -0.25) is 14.4 Å². The highest BCUT2D eigenvalue weighted by atomic mass is 16.5. The second kappa shape index (κ2) is 6.09. The number of ether oxygens (including phenoxy) is 1. The summed E-state index contributed by atoms with van der Waals surface area (Å²) in [6.45, 7) is 4.89. The van der Waals surface area contributed by atoms with Crippen LogP contribution in [-0.4, -0.2) is 38.0 Å². The summed E-state index contributed by atoms with van der Waals surface area (Å²) in [6.07, 6.45) is 0. The van der Waals surface area contributed by atoms with E-state index in [4.69, 9.17) is 0 Å². The van der Waals surface area contributed by atoms with Crippen LogP contribution in [0.15, 0.2) is 0 Å². The Labute approximate surface area is 94.7 Å². The summed E-state index contributed by atoms with van der Waals surface area (Å²) in [7, 11) is 1.23. The van der Waals surface area contributed by atoms with Crippen LogP contribution in [0, 0.1) is 5.41 Å². The monoisotopic (exact) mass is 230 g/mol. The smallest absolute Gasteiger partial charge is 0.325 e. The fourth-order valence-corrected chi connectivity index (χ4v) is 0.731. The molecule has 0 saturated heterocycles. The van der Waals surface area contributed by atoms with Gasteiger partial charge in [-0.25, -0.2) is 0 Å². The number of carbonyl (C=O) groups excluding carboxylic acids is 3. The lowest BCUT2D eigenvalue weighted by Gasteiger charge is -2.17. The molecular formula is C10H18N2O4. The van der Waals surface area contributed by atoms with Crippen LogP contribution in [-0.2, 0) is 19.1 Å². The van der Waals surface area contributed by atoms with Gasteiger partial charge in [0.05, 0.1) is 13.7 Å². The average Bonchev–Trinajstić information content (AvgIpc) is 2.20. The second-order valence-corrected chi connectivity index (χ2v) is 4.29. The molecule has 2 amide bonds. The third-order valence-electron chi connectivity index (χ3n) is 1.75. The zero-order valence-electron chi connectivity index (χ0n) is 10.0. The Morgan fingerprint density at radius 2 is 1.62 bits per heavy atom. The molecule has 16 heavy (non-hydrogen) atoms. The Kier molecular flexibility index (Phi) is 5.49. The summed E-state index contributed by atoms with van der Waals surface area (Å²) < 4.78 is 4.34. The first-order valence-corrected chi connectivity index (χ1v) is 4.89. The molecule has 2 N–H and O–H groups in total. The first-order valence-electron chi connectivity index (χ1n) is 4.89. The molecule has 0 saturated carbocycles. The average molecular weight is 230 g/mol. The van der Waals surface area contributed by atoms with Gasteiger partial charge in [0.1, 0.15) is 6.54 Å². The SMILES string of the molecule is COC(=O)CNC(=O)CNC(=O)C(C)(C)C. The molecule has 6 nitrogen and oxygen atoms in total. The minimum atomic E-state index is -0.539. The third-order valence-corrected chi connectivity index (χ3v) is 1.75. The number of carbonyl (C=O) groups is 3. The van der Waals surface area contributed by atoms with E-state index in [2.05, 4.69) is 15.4 Å². The van der Waals surface area contributed by atoms with Crippen LogP contribution < -0.4 is 10.6 Å². The molecule has 0 rings (SSSR count). The predicted molar refractivity (Wildman–Crippen MR) is 57.5 cm³/mol. The Hall–Kier alpha value is -1.59. The molecule has 0 aliphatic rings. The molecule has 0 spiro atoms. The van der Waals surface area contributed by atoms with Crippen molar-refractivity contribution in [3.8, 4) is 0 Å². The largest absolute Gasteiger partial charge is 0.468 e. The quantitative estimate of drug-likeness (QED) is 0.634. The van der Waals surface area contributed by atoms with Crippen molar-refractivity contribution >= 4 is 17.8 Å². The van der Waals surface area contributed by atoms with Crippen LogP contribution in [0.5, 0.6) is 0 Å². The Morgan fingerprint density at radius 3 is 2.06 bits per heavy atom. The van der Waals surface area contributed by atoms with Gasteiger partial charge in [0.25, 0.3) is 0 Å². The van der Waals surface area contributed by atoms with Crippen molar-refractivity contribution in [3.05, 3.63) is 0 Å². The third kappa shape index (κ3) is 6.00. The van der Waals surface area contributed by atoms with Crippen molar-refractivity contribution in [2.45, 2.75) is 20.8 Å². The number of rotatable bonds is 4. The minimum Gasteiger partial charge on any atom is -0.468 e. The predicted octanol–water partition coefficient (Wildman–Crippen LogP) is -0.562. The summed E-state index contributed by atoms with van der Waals surface area (Å²) in [5.41, 5.74) is -0.539. The first kappa shape index (κ1) is 14.4. The van der Waals surface area contributed by atoms with E-state index in [1.807, 2.05) is 0 Å². The standard InChI is InChI=1S/C10H18N2O4/c1-10(2,3)9(15)12-5-7(13)11-6-8(14)16-4/h5-6H2,1-4H3,(H,11,13)(H,12,15). The van der Waals surface area contributed by atoms with E-state index in [1.54, 1.807) is 20.8 Å². The fraction of sp³-hybridized carbons (Fsp3) is 0.700. The Balaban J connectivity index is 3.83. The highest BCUT2D eigenvalue weighted by Crippen LogP contribution is 2.11. The van der Waals surface area contributed by atoms with Crippen molar-refractivity contribution in [1.82, 2.24) is 10.6 Å². The maximum absolute atomic E-state index is 11.4. The number of methoxy groups -OCH3 is 1. The van der Waals surface area contributed by atoms with Crippen LogP contribution in [0.3, 0.4) is 0 Å². The van der Waals surface area contributed by atoms with Crippen molar-refractivity contribution < 1.29 is 19.1 Å². The highest BCUT2D eigenvalue weighted by Gasteiger charge is 2.21. The van der Waals surface area contributed by atoms with Gasteiger partial charge in [-0.1, -0.05) is 20.8 Å². The number of nitrogens with one attached hydrogen (secondary N) is 2. The highest BCUT2D eigenvalue weighted by molar-refractivity contribution is 5.88. The molecule has 0 aromatic heterocycles. The molecule has 0 fully saturated rings. The Bertz CT molecular complexity index is 281. The molecule has 0 radical (unpaired) electrons. The van der Waals surface area contributed by atoms with Crippen molar-refractivity contribution in [1.29, 1.82) is 0 Å². The Morgan fingerprint density at radius 1 is 1.06 bits per heavy atom. The van der Waals surface area contributed by atoms with Crippen LogP contribution in [0.1, 0.15) is 20.8 Å². The van der Waals surface area contributed by atoms with Crippen molar-refractivity contribution in [3.63, 3.8) is 0 Å². The lowest BCUT2D eigenvalue weighted by molar-refractivity contribution is -0.141. The second-order valence-electron chi connectivity index (χ2n) is 4.29. The summed E-state index contributed by atoms with van der Waals surface area (Å²) in [4.78, 5) is 33.2. The molecule has 6 heteroatoms. The zero-order chi connectivity index (χ0) is 12.8. The summed E-state index contributed by atoms with van der Waals surface area (Å²) in [5, 5.41) is 4.77. The van der Waals surface area contributed by atoms with E-state index in [0.717, 1.165) is 0 Å². The van der Waals surface area contributed by atoms with Crippen molar-refractivity contribution in [2.24, 2.45) is 5.41 Å². The van der Waals surface area contributed by atoms with Gasteiger partial charge in [-0.15, -0.1) is 0 Å². The first-order chi connectivity index (χ1) is 7.27. The van der Waals surface area contributed by atoms with Crippen LogP contribution >= 0.6 is 0 Å². The number of amides is 2.